The molecule has 1 aliphatic rings. The van der Waals surface area contributed by atoms with Crippen LogP contribution in [0.4, 0.5) is 9.59 Å². The highest BCUT2D eigenvalue weighted by atomic mass is 16.8. The normalized spacial score (nSPS) is 13.1. The number of hydrogen-bond donors (Lipinski definition) is 2. The molecule has 2 N–H and O–H groups in total. The highest BCUT2D eigenvalue weighted by Gasteiger charge is 2.33. The van der Waals surface area contributed by atoms with E-state index in [4.69, 9.17) is 9.47 Å². The van der Waals surface area contributed by atoms with Gasteiger partial charge in [-0.1, -0.05) is 17.2 Å². The third-order valence-electron chi connectivity index (χ3n) is 3.66. The molecule has 0 aliphatic carbocycles. The number of benzene rings is 1. The van der Waals surface area contributed by atoms with Crippen molar-refractivity contribution in [3.63, 3.8) is 0 Å². The van der Waals surface area contributed by atoms with Gasteiger partial charge < -0.3 is 20.1 Å². The lowest BCUT2D eigenvalue weighted by Gasteiger charge is -2.12. The fourth-order valence-corrected chi connectivity index (χ4v) is 2.26. The maximum atomic E-state index is 11.7. The first kappa shape index (κ1) is 21.7. The average molecular weight is 407 g/mol. The van der Waals surface area contributed by atoms with Crippen molar-refractivity contribution in [2.75, 3.05) is 13.1 Å². The van der Waals surface area contributed by atoms with Crippen LogP contribution in [-0.4, -0.2) is 48.1 Å². The van der Waals surface area contributed by atoms with Gasteiger partial charge in [0.25, 0.3) is 11.8 Å². The van der Waals surface area contributed by atoms with Crippen molar-refractivity contribution in [3.8, 4) is 5.75 Å². The number of nitrogens with zero attached hydrogens (tertiary/aromatic N) is 1. The second kappa shape index (κ2) is 10.6. The van der Waals surface area contributed by atoms with E-state index < -0.39 is 24.1 Å². The second-order valence-electron chi connectivity index (χ2n) is 5.88. The number of nitrogens with one attached hydrogen (secondary N) is 2. The maximum absolute atomic E-state index is 11.7. The molecule has 11 nitrogen and oxygen atoms in total. The average Bonchev–Trinajstić information content (AvgIpc) is 2.99. The zero-order valence-electron chi connectivity index (χ0n) is 15.8. The summed E-state index contributed by atoms with van der Waals surface area (Å²) in [5, 5.41) is 5.45. The van der Waals surface area contributed by atoms with Crippen molar-refractivity contribution in [1.82, 2.24) is 15.7 Å². The molecule has 0 atom stereocenters. The van der Waals surface area contributed by atoms with Gasteiger partial charge >= 0.3 is 12.2 Å². The minimum atomic E-state index is -1.18. The third-order valence-corrected chi connectivity index (χ3v) is 3.66. The Bertz CT molecular complexity index is 762. The summed E-state index contributed by atoms with van der Waals surface area (Å²) in [6, 6.07) is 6.08. The zero-order valence-corrected chi connectivity index (χ0v) is 15.8. The molecular formula is C18H21N3O8. The third kappa shape index (κ3) is 7.13. The van der Waals surface area contributed by atoms with E-state index in [1.54, 1.807) is 19.1 Å². The van der Waals surface area contributed by atoms with E-state index in [0.29, 0.717) is 17.2 Å². The van der Waals surface area contributed by atoms with Gasteiger partial charge in [0.15, 0.2) is 0 Å². The predicted molar refractivity (Wildman–Crippen MR) is 96.1 cm³/mol. The first-order chi connectivity index (χ1) is 13.9. The highest BCUT2D eigenvalue weighted by Crippen LogP contribution is 2.15. The number of carbonyl (C=O) groups is 5. The fraction of sp³-hybridized carbons (Fsp3) is 0.389. The SMILES string of the molecule is CCNC(=O)CCNC(=O)Oc1ccc(COC(=O)ON2C(=O)CCC2=O)cc1. The molecule has 0 saturated carbocycles. The summed E-state index contributed by atoms with van der Waals surface area (Å²) in [4.78, 5) is 61.8. The quantitative estimate of drug-likeness (QED) is 0.481. The number of amides is 4. The molecule has 11 heteroatoms. The Balaban J connectivity index is 1.70. The maximum Gasteiger partial charge on any atom is 0.534 e. The molecule has 1 heterocycles. The Labute approximate surface area is 166 Å². The van der Waals surface area contributed by atoms with Crippen LogP contribution in [0.3, 0.4) is 0 Å². The smallest absolute Gasteiger partial charge is 0.428 e. The van der Waals surface area contributed by atoms with Crippen LogP contribution in [0.25, 0.3) is 0 Å². The summed E-state index contributed by atoms with van der Waals surface area (Å²) in [5.41, 5.74) is 0.560. The van der Waals surface area contributed by atoms with Crippen molar-refractivity contribution in [1.29, 1.82) is 0 Å². The number of imide groups is 1. The number of hydroxylamine groups is 2. The Morgan fingerprint density at radius 1 is 1.03 bits per heavy atom. The Hall–Kier alpha value is -3.63. The van der Waals surface area contributed by atoms with Gasteiger partial charge in [0.2, 0.25) is 5.91 Å². The molecule has 0 spiro atoms. The molecule has 1 aromatic rings. The zero-order chi connectivity index (χ0) is 21.2. The van der Waals surface area contributed by atoms with Gasteiger partial charge in [-0.15, -0.1) is 0 Å². The van der Waals surface area contributed by atoms with E-state index in [-0.39, 0.29) is 44.1 Å². The Kier molecular flexibility index (Phi) is 7.95. The summed E-state index contributed by atoms with van der Waals surface area (Å²) >= 11 is 0. The molecule has 2 rings (SSSR count). The summed E-state index contributed by atoms with van der Waals surface area (Å²) in [5.74, 6) is -1.12. The first-order valence-corrected chi connectivity index (χ1v) is 8.91. The molecule has 1 fully saturated rings. The van der Waals surface area contributed by atoms with Gasteiger partial charge in [-0.05, 0) is 24.6 Å². The van der Waals surface area contributed by atoms with Gasteiger partial charge in [0.05, 0.1) is 0 Å². The van der Waals surface area contributed by atoms with Gasteiger partial charge in [0, 0.05) is 32.4 Å². The van der Waals surface area contributed by atoms with E-state index >= 15 is 0 Å². The molecule has 29 heavy (non-hydrogen) atoms. The van der Waals surface area contributed by atoms with Gasteiger partial charge in [-0.3, -0.25) is 19.2 Å². The summed E-state index contributed by atoms with van der Waals surface area (Å²) in [7, 11) is 0. The molecule has 0 unspecified atom stereocenters. The van der Waals surface area contributed by atoms with Gasteiger partial charge in [-0.25, -0.2) is 9.59 Å². The monoisotopic (exact) mass is 407 g/mol. The number of carbonyl (C=O) groups excluding carboxylic acids is 5. The van der Waals surface area contributed by atoms with Crippen molar-refractivity contribution >= 4 is 30.0 Å². The van der Waals surface area contributed by atoms with Crippen LogP contribution in [0.1, 0.15) is 31.7 Å². The van der Waals surface area contributed by atoms with Gasteiger partial charge in [0.1, 0.15) is 12.4 Å². The topological polar surface area (TPSA) is 140 Å². The van der Waals surface area contributed by atoms with Crippen molar-refractivity contribution in [2.24, 2.45) is 0 Å². The standard InChI is InChI=1S/C18H21N3O8/c1-2-19-14(22)9-10-20-17(25)28-13-5-3-12(4-6-13)11-27-18(26)29-21-15(23)7-8-16(21)24/h3-6H,2,7-11H2,1H3,(H,19,22)(H,20,25). The van der Waals surface area contributed by atoms with E-state index in [0.717, 1.165) is 0 Å². The Morgan fingerprint density at radius 3 is 2.31 bits per heavy atom. The molecule has 0 bridgehead atoms. The predicted octanol–water partition coefficient (Wildman–Crippen LogP) is 1.02. The van der Waals surface area contributed by atoms with E-state index in [1.807, 2.05) is 0 Å². The fourth-order valence-electron chi connectivity index (χ4n) is 2.26. The molecule has 0 radical (unpaired) electrons. The molecule has 1 saturated heterocycles. The summed E-state index contributed by atoms with van der Waals surface area (Å²) in [6.07, 6.45) is -1.76. The van der Waals surface area contributed by atoms with Crippen LogP contribution in [0.5, 0.6) is 5.75 Å². The first-order valence-electron chi connectivity index (χ1n) is 8.91. The number of hydrogen-bond acceptors (Lipinski definition) is 8. The molecule has 4 amide bonds. The van der Waals surface area contributed by atoms with Gasteiger partial charge in [-0.2, -0.15) is 0 Å². The number of ether oxygens (including phenoxy) is 2. The van der Waals surface area contributed by atoms with Crippen LogP contribution < -0.4 is 15.4 Å². The minimum absolute atomic E-state index is 0.00686. The van der Waals surface area contributed by atoms with Crippen LogP contribution in [0.15, 0.2) is 24.3 Å². The van der Waals surface area contributed by atoms with Crippen molar-refractivity contribution in [2.45, 2.75) is 32.8 Å². The van der Waals surface area contributed by atoms with E-state index in [1.165, 1.54) is 12.1 Å². The Morgan fingerprint density at radius 2 is 1.69 bits per heavy atom. The molecule has 156 valence electrons. The summed E-state index contributed by atoms with van der Waals surface area (Å²) in [6.45, 7) is 2.28. The van der Waals surface area contributed by atoms with E-state index in [9.17, 15) is 24.0 Å². The minimum Gasteiger partial charge on any atom is -0.428 e. The van der Waals surface area contributed by atoms with Crippen LogP contribution in [0, 0.1) is 0 Å². The summed E-state index contributed by atoms with van der Waals surface area (Å²) < 4.78 is 9.89. The molecule has 1 aliphatic heterocycles. The van der Waals surface area contributed by atoms with Crippen LogP contribution >= 0.6 is 0 Å². The molecule has 1 aromatic carbocycles. The van der Waals surface area contributed by atoms with Crippen LogP contribution in [0.2, 0.25) is 0 Å². The molecular weight excluding hydrogens is 386 g/mol. The highest BCUT2D eigenvalue weighted by molar-refractivity contribution is 6.01. The lowest BCUT2D eigenvalue weighted by atomic mass is 10.2. The second-order valence-corrected chi connectivity index (χ2v) is 5.88. The van der Waals surface area contributed by atoms with Crippen LogP contribution in [-0.2, 0) is 30.6 Å². The van der Waals surface area contributed by atoms with E-state index in [2.05, 4.69) is 15.5 Å². The lowest BCUT2D eigenvalue weighted by molar-refractivity contribution is -0.177. The largest absolute Gasteiger partial charge is 0.534 e. The number of rotatable bonds is 8. The lowest BCUT2D eigenvalue weighted by Crippen LogP contribution is -2.32. The van der Waals surface area contributed by atoms with Crippen molar-refractivity contribution < 1.29 is 38.3 Å². The van der Waals surface area contributed by atoms with Crippen molar-refractivity contribution in [3.05, 3.63) is 29.8 Å². The molecule has 0 aromatic heterocycles.